The van der Waals surface area contributed by atoms with Crippen LogP contribution in [0, 0.1) is 5.92 Å². The molecule has 4 rings (SSSR count). The third-order valence-corrected chi connectivity index (χ3v) is 8.64. The molecule has 2 aromatic rings. The minimum Gasteiger partial charge on any atom is -0.481 e. The fourth-order valence-corrected chi connectivity index (χ4v) is 6.56. The molecule has 0 saturated carbocycles. The number of fused-ring (bicyclic) bond motifs is 1. The summed E-state index contributed by atoms with van der Waals surface area (Å²) in [6.07, 6.45) is 3.06. The predicted octanol–water partition coefficient (Wildman–Crippen LogP) is 2.86. The Morgan fingerprint density at radius 2 is 1.86 bits per heavy atom. The summed E-state index contributed by atoms with van der Waals surface area (Å²) < 4.78 is 37.8. The second-order valence-corrected chi connectivity index (χ2v) is 14.4. The molecule has 2 aromatic carbocycles. The van der Waals surface area contributed by atoms with E-state index < -0.39 is 33.9 Å². The van der Waals surface area contributed by atoms with Crippen LogP contribution in [0.3, 0.4) is 0 Å². The predicted molar refractivity (Wildman–Crippen MR) is 165 cm³/mol. The molecule has 43 heavy (non-hydrogen) atoms. The number of carbonyl (C=O) groups is 2. The van der Waals surface area contributed by atoms with Gasteiger partial charge in [0, 0.05) is 42.8 Å². The van der Waals surface area contributed by atoms with Crippen molar-refractivity contribution in [3.63, 3.8) is 0 Å². The Morgan fingerprint density at radius 1 is 1.12 bits per heavy atom. The minimum absolute atomic E-state index is 0.0116. The Hall–Kier alpha value is -3.19. The molecule has 11 nitrogen and oxygen atoms in total. The van der Waals surface area contributed by atoms with E-state index in [1.54, 1.807) is 11.0 Å². The zero-order valence-electron chi connectivity index (χ0n) is 25.8. The number of likely N-dealkylation sites (tertiary alicyclic amines) is 1. The van der Waals surface area contributed by atoms with Gasteiger partial charge in [-0.3, -0.25) is 14.5 Å². The molecule has 1 saturated heterocycles. The number of anilines is 1. The van der Waals surface area contributed by atoms with Crippen molar-refractivity contribution >= 4 is 27.6 Å². The van der Waals surface area contributed by atoms with Gasteiger partial charge in [0.2, 0.25) is 22.7 Å². The number of ether oxygens (including phenoxy) is 2. The number of sulfonamides is 1. The largest absolute Gasteiger partial charge is 0.481 e. The summed E-state index contributed by atoms with van der Waals surface area (Å²) in [4.78, 5) is 30.5. The van der Waals surface area contributed by atoms with Crippen molar-refractivity contribution < 1.29 is 37.1 Å². The number of benzene rings is 2. The van der Waals surface area contributed by atoms with E-state index in [9.17, 15) is 23.1 Å². The first kappa shape index (κ1) is 32.7. The lowest BCUT2D eigenvalue weighted by atomic mass is 9.84. The first-order valence-corrected chi connectivity index (χ1v) is 16.7. The SMILES string of the molecule is CCCCN(C(=O)CN1C[C@H](c2ccc3c(c2)OCO3)C(C(=O)O)[C@@H]1CCNS(C)(=O)=O)c1cccc(C[N+](C)(C)C)c1. The van der Waals surface area contributed by atoms with E-state index >= 15 is 0 Å². The molecule has 2 aliphatic rings. The number of nitrogens with zero attached hydrogens (tertiary/aromatic N) is 3. The average Bonchev–Trinajstić information content (AvgIpc) is 3.52. The summed E-state index contributed by atoms with van der Waals surface area (Å²) in [5.74, 6) is -1.23. The summed E-state index contributed by atoms with van der Waals surface area (Å²) >= 11 is 0. The van der Waals surface area contributed by atoms with Gasteiger partial charge in [-0.1, -0.05) is 31.5 Å². The number of aliphatic carboxylic acids is 1. The highest BCUT2D eigenvalue weighted by atomic mass is 32.2. The van der Waals surface area contributed by atoms with Crippen molar-refractivity contribution in [2.45, 2.75) is 44.7 Å². The Morgan fingerprint density at radius 3 is 2.53 bits per heavy atom. The Labute approximate surface area is 255 Å². The summed E-state index contributed by atoms with van der Waals surface area (Å²) in [5.41, 5.74) is 2.73. The van der Waals surface area contributed by atoms with E-state index in [-0.39, 0.29) is 32.2 Å². The van der Waals surface area contributed by atoms with Gasteiger partial charge in [-0.15, -0.1) is 0 Å². The van der Waals surface area contributed by atoms with E-state index in [1.807, 2.05) is 29.2 Å². The van der Waals surface area contributed by atoms with Crippen molar-refractivity contribution in [2.75, 3.05) is 65.3 Å². The monoisotopic (exact) mass is 617 g/mol. The van der Waals surface area contributed by atoms with Gasteiger partial charge >= 0.3 is 5.97 Å². The zero-order valence-corrected chi connectivity index (χ0v) is 26.6. The first-order valence-electron chi connectivity index (χ1n) is 14.8. The molecule has 1 unspecified atom stereocenters. The average molecular weight is 618 g/mol. The number of carboxylic acids is 1. The van der Waals surface area contributed by atoms with Crippen molar-refractivity contribution in [3.8, 4) is 11.5 Å². The van der Waals surface area contributed by atoms with Crippen molar-refractivity contribution in [1.82, 2.24) is 9.62 Å². The lowest BCUT2D eigenvalue weighted by molar-refractivity contribution is -0.884. The first-order chi connectivity index (χ1) is 20.3. The lowest BCUT2D eigenvalue weighted by Crippen LogP contribution is -2.45. The van der Waals surface area contributed by atoms with Gasteiger partial charge < -0.3 is 24.0 Å². The van der Waals surface area contributed by atoms with Gasteiger partial charge in [-0.05, 0) is 42.7 Å². The van der Waals surface area contributed by atoms with Gasteiger partial charge in [-0.25, -0.2) is 13.1 Å². The highest BCUT2D eigenvalue weighted by Gasteiger charge is 2.47. The number of hydrogen-bond donors (Lipinski definition) is 2. The molecule has 1 fully saturated rings. The Bertz CT molecular complexity index is 1410. The Kier molecular flexibility index (Phi) is 10.4. The van der Waals surface area contributed by atoms with Crippen LogP contribution in [0.5, 0.6) is 11.5 Å². The normalized spacial score (nSPS) is 20.3. The van der Waals surface area contributed by atoms with Crippen molar-refractivity contribution in [1.29, 1.82) is 0 Å². The molecule has 0 aliphatic carbocycles. The number of quaternary nitrogens is 1. The topological polar surface area (TPSA) is 125 Å². The zero-order chi connectivity index (χ0) is 31.4. The van der Waals surface area contributed by atoms with Crippen LogP contribution in [0.2, 0.25) is 0 Å². The molecule has 2 heterocycles. The molecule has 0 aromatic heterocycles. The van der Waals surface area contributed by atoms with Gasteiger partial charge in [0.25, 0.3) is 0 Å². The summed E-state index contributed by atoms with van der Waals surface area (Å²) in [6.45, 7) is 3.95. The van der Waals surface area contributed by atoms with Gasteiger partial charge in [0.1, 0.15) is 6.54 Å². The number of carboxylic acid groups (broad SMARTS) is 1. The fraction of sp³-hybridized carbons (Fsp3) is 0.548. The molecule has 0 spiro atoms. The van der Waals surface area contributed by atoms with Crippen LogP contribution < -0.4 is 19.1 Å². The molecule has 12 heteroatoms. The number of nitrogens with one attached hydrogen (secondary N) is 1. The Balaban J connectivity index is 1.63. The number of unbranched alkanes of at least 4 members (excludes halogenated alkanes) is 1. The minimum atomic E-state index is -3.47. The van der Waals surface area contributed by atoms with Crippen molar-refractivity contribution in [2.24, 2.45) is 5.92 Å². The maximum absolute atomic E-state index is 14.0. The second kappa shape index (κ2) is 13.6. The number of hydrogen-bond acceptors (Lipinski definition) is 7. The van der Waals surface area contributed by atoms with Crippen LogP contribution in [0.4, 0.5) is 5.69 Å². The van der Waals surface area contributed by atoms with E-state index in [0.717, 1.165) is 46.9 Å². The van der Waals surface area contributed by atoms with Crippen LogP contribution in [-0.2, 0) is 26.2 Å². The second-order valence-electron chi connectivity index (χ2n) is 12.6. The molecule has 2 N–H and O–H groups in total. The van der Waals surface area contributed by atoms with E-state index in [4.69, 9.17) is 9.47 Å². The standard InChI is InChI=1S/C31H44N4O7S/c1-6-7-15-34(24-10-8-9-22(16-24)20-35(2,3)4)29(36)19-33-18-25(23-11-12-27-28(17-23)42-21-41-27)30(31(37)38)26(33)13-14-32-43(5,39)40/h8-12,16-17,25-26,30,32H,6-7,13-15,18-21H2,1-5H3/p+1/t25-,26+,30?/m1/s1. The molecule has 1 amide bonds. The maximum Gasteiger partial charge on any atom is 0.308 e. The third-order valence-electron chi connectivity index (χ3n) is 7.92. The smallest absolute Gasteiger partial charge is 0.308 e. The molecule has 0 bridgehead atoms. The maximum atomic E-state index is 14.0. The van der Waals surface area contributed by atoms with Crippen LogP contribution >= 0.6 is 0 Å². The highest BCUT2D eigenvalue weighted by Crippen LogP contribution is 2.42. The molecule has 3 atom stereocenters. The van der Waals surface area contributed by atoms with Crippen molar-refractivity contribution in [3.05, 3.63) is 53.6 Å². The quantitative estimate of drug-likeness (QED) is 0.310. The molecule has 2 aliphatic heterocycles. The van der Waals surface area contributed by atoms with E-state index in [2.05, 4.69) is 44.9 Å². The highest BCUT2D eigenvalue weighted by molar-refractivity contribution is 7.88. The molecular formula is C31H45N4O7S+. The number of rotatable bonds is 14. The van der Waals surface area contributed by atoms with Crippen LogP contribution in [0.15, 0.2) is 42.5 Å². The number of carbonyl (C=O) groups excluding carboxylic acids is 1. The number of amides is 1. The third kappa shape index (κ3) is 8.69. The summed E-state index contributed by atoms with van der Waals surface area (Å²) in [5, 5.41) is 10.4. The lowest BCUT2D eigenvalue weighted by Gasteiger charge is -2.30. The van der Waals surface area contributed by atoms with Gasteiger partial charge in [0.05, 0.1) is 39.9 Å². The summed E-state index contributed by atoms with van der Waals surface area (Å²) in [6, 6.07) is 12.9. The van der Waals surface area contributed by atoms with E-state index in [1.165, 1.54) is 0 Å². The van der Waals surface area contributed by atoms with Crippen LogP contribution in [0.1, 0.15) is 43.2 Å². The molecule has 236 valence electrons. The van der Waals surface area contributed by atoms with Gasteiger partial charge in [0.15, 0.2) is 11.5 Å². The van der Waals surface area contributed by atoms with Crippen LogP contribution in [0.25, 0.3) is 0 Å². The summed E-state index contributed by atoms with van der Waals surface area (Å²) in [7, 11) is 2.89. The van der Waals surface area contributed by atoms with Gasteiger partial charge in [-0.2, -0.15) is 0 Å². The van der Waals surface area contributed by atoms with Crippen LogP contribution in [-0.4, -0.2) is 101 Å². The fourth-order valence-electron chi connectivity index (χ4n) is 6.07. The molecule has 0 radical (unpaired) electrons. The molecular weight excluding hydrogens is 572 g/mol. The van der Waals surface area contributed by atoms with E-state index in [0.29, 0.717) is 24.6 Å².